The molecule has 2 saturated carbocycles. The van der Waals surface area contributed by atoms with Crippen molar-refractivity contribution in [2.24, 2.45) is 39.4 Å². The van der Waals surface area contributed by atoms with Crippen molar-refractivity contribution in [3.63, 3.8) is 0 Å². The lowest BCUT2D eigenvalue weighted by molar-refractivity contribution is -0.148. The molecule has 0 bridgehead atoms. The van der Waals surface area contributed by atoms with Crippen LogP contribution in [0.4, 0.5) is 0 Å². The number of aliphatic hydroxyl groups is 1. The van der Waals surface area contributed by atoms with Crippen molar-refractivity contribution in [1.82, 2.24) is 0 Å². The maximum absolute atomic E-state index is 12.5. The van der Waals surface area contributed by atoms with Crippen molar-refractivity contribution in [3.05, 3.63) is 22.8 Å². The van der Waals surface area contributed by atoms with Crippen LogP contribution >= 0.6 is 0 Å². The minimum absolute atomic E-state index is 0.0928. The van der Waals surface area contributed by atoms with Crippen LogP contribution in [0.15, 0.2) is 22.8 Å². The number of rotatable bonds is 5. The van der Waals surface area contributed by atoms with E-state index in [0.29, 0.717) is 11.8 Å². The van der Waals surface area contributed by atoms with E-state index >= 15 is 0 Å². The Kier molecular flexibility index (Phi) is 6.25. The molecule has 4 aliphatic carbocycles. The van der Waals surface area contributed by atoms with Gasteiger partial charge in [-0.25, -0.2) is 0 Å². The molecule has 0 unspecified atom stereocenters. The first kappa shape index (κ1) is 25.0. The first-order valence-corrected chi connectivity index (χ1v) is 13.6. The van der Waals surface area contributed by atoms with Gasteiger partial charge in [0.25, 0.3) is 0 Å². The molecule has 4 aliphatic rings. The molecule has 2 fully saturated rings. The summed E-state index contributed by atoms with van der Waals surface area (Å²) in [5, 5.41) is 21.7. The van der Waals surface area contributed by atoms with Gasteiger partial charge in [-0.1, -0.05) is 63.8 Å². The predicted molar refractivity (Wildman–Crippen MR) is 135 cm³/mol. The molecular formula is C30H48O3. The van der Waals surface area contributed by atoms with Gasteiger partial charge in [-0.05, 0) is 99.2 Å². The monoisotopic (exact) mass is 456 g/mol. The Labute approximate surface area is 202 Å². The molecule has 3 heteroatoms. The Morgan fingerprint density at radius 2 is 1.76 bits per heavy atom. The predicted octanol–water partition coefficient (Wildman–Crippen LogP) is 7.54. The molecule has 0 amide bonds. The first-order valence-electron chi connectivity index (χ1n) is 13.6. The molecule has 0 radical (unpaired) electrons. The topological polar surface area (TPSA) is 57.5 Å². The number of allylic oxidation sites excluding steroid dienone is 4. The third-order valence-electron chi connectivity index (χ3n) is 11.3. The van der Waals surface area contributed by atoms with Crippen LogP contribution in [0, 0.1) is 39.4 Å². The average molecular weight is 457 g/mol. The lowest BCUT2D eigenvalue weighted by Crippen LogP contribution is -2.52. The summed E-state index contributed by atoms with van der Waals surface area (Å²) >= 11 is 0. The number of carboxylic acids is 1. The highest BCUT2D eigenvalue weighted by Gasteiger charge is 2.66. The zero-order chi connectivity index (χ0) is 24.4. The van der Waals surface area contributed by atoms with Crippen LogP contribution in [0.1, 0.15) is 113 Å². The summed E-state index contributed by atoms with van der Waals surface area (Å²) in [4.78, 5) is 12.5. The molecule has 0 aromatic rings. The molecule has 186 valence electrons. The second-order valence-electron chi connectivity index (χ2n) is 13.7. The van der Waals surface area contributed by atoms with E-state index in [1.165, 1.54) is 31.3 Å². The van der Waals surface area contributed by atoms with Crippen LogP contribution in [-0.2, 0) is 4.79 Å². The number of fused-ring (bicyclic) bond motifs is 4. The zero-order valence-corrected chi connectivity index (χ0v) is 22.3. The standard InChI is InChI=1S/C30H48O3/c1-19(2)10-8-11-20(26(32)33)25-23(31)18-30(7)22-12-13-24-27(3,4)15-9-16-28(24,5)21(22)14-17-29(25,30)6/h10,20,23-25,31H,8-9,11-18H2,1-7H3,(H,32,33)/t20-,23-,24+,25+,28-,29-,30+/m1/s1. The molecule has 0 aliphatic heterocycles. The summed E-state index contributed by atoms with van der Waals surface area (Å²) in [6.07, 6.45) is 12.2. The molecule has 0 aromatic heterocycles. The number of aliphatic carboxylic acids is 1. The van der Waals surface area contributed by atoms with Crippen LogP contribution < -0.4 is 0 Å². The highest BCUT2D eigenvalue weighted by atomic mass is 16.4. The van der Waals surface area contributed by atoms with Gasteiger partial charge in [0.05, 0.1) is 12.0 Å². The minimum atomic E-state index is -0.726. The number of carbonyl (C=O) groups is 1. The maximum atomic E-state index is 12.5. The van der Waals surface area contributed by atoms with Gasteiger partial charge < -0.3 is 10.2 Å². The molecule has 4 rings (SSSR count). The molecule has 3 nitrogen and oxygen atoms in total. The Bertz CT molecular complexity index is 862. The van der Waals surface area contributed by atoms with Gasteiger partial charge in [-0.2, -0.15) is 0 Å². The van der Waals surface area contributed by atoms with Crippen molar-refractivity contribution in [1.29, 1.82) is 0 Å². The third-order valence-corrected chi connectivity index (χ3v) is 11.3. The van der Waals surface area contributed by atoms with Gasteiger partial charge in [0.2, 0.25) is 0 Å². The number of carboxylic acid groups (broad SMARTS) is 1. The Balaban J connectivity index is 1.73. The van der Waals surface area contributed by atoms with Crippen molar-refractivity contribution < 1.29 is 15.0 Å². The lowest BCUT2D eigenvalue weighted by atomic mass is 9.43. The van der Waals surface area contributed by atoms with Gasteiger partial charge in [-0.15, -0.1) is 0 Å². The molecule has 0 heterocycles. The Morgan fingerprint density at radius 1 is 1.06 bits per heavy atom. The van der Waals surface area contributed by atoms with Crippen LogP contribution in [0.25, 0.3) is 0 Å². The van der Waals surface area contributed by atoms with Gasteiger partial charge >= 0.3 is 5.97 Å². The molecule has 0 aromatic carbocycles. The quantitative estimate of drug-likeness (QED) is 0.420. The van der Waals surface area contributed by atoms with E-state index in [2.05, 4.69) is 54.5 Å². The lowest BCUT2D eigenvalue weighted by Gasteiger charge is -2.61. The first-order chi connectivity index (χ1) is 15.3. The van der Waals surface area contributed by atoms with E-state index in [1.54, 1.807) is 11.1 Å². The third kappa shape index (κ3) is 3.67. The van der Waals surface area contributed by atoms with E-state index < -0.39 is 18.0 Å². The summed E-state index contributed by atoms with van der Waals surface area (Å²) in [6, 6.07) is 0. The summed E-state index contributed by atoms with van der Waals surface area (Å²) in [6.45, 7) is 16.4. The highest BCUT2D eigenvalue weighted by Crippen LogP contribution is 2.72. The summed E-state index contributed by atoms with van der Waals surface area (Å²) in [5.41, 5.74) is 4.97. The van der Waals surface area contributed by atoms with E-state index in [4.69, 9.17) is 0 Å². The van der Waals surface area contributed by atoms with E-state index in [0.717, 1.165) is 38.0 Å². The molecule has 33 heavy (non-hydrogen) atoms. The Hall–Kier alpha value is -1.09. The normalized spacial score (nSPS) is 42.7. The number of hydrogen-bond donors (Lipinski definition) is 2. The van der Waals surface area contributed by atoms with E-state index in [9.17, 15) is 15.0 Å². The fourth-order valence-electron chi connectivity index (χ4n) is 9.61. The van der Waals surface area contributed by atoms with Crippen molar-refractivity contribution in [3.8, 4) is 0 Å². The minimum Gasteiger partial charge on any atom is -0.481 e. The van der Waals surface area contributed by atoms with Crippen molar-refractivity contribution in [2.75, 3.05) is 0 Å². The second kappa shape index (κ2) is 8.25. The fourth-order valence-corrected chi connectivity index (χ4v) is 9.61. The van der Waals surface area contributed by atoms with Crippen LogP contribution in [-0.4, -0.2) is 22.3 Å². The van der Waals surface area contributed by atoms with Gasteiger partial charge in [0.1, 0.15) is 0 Å². The maximum Gasteiger partial charge on any atom is 0.306 e. The molecule has 0 spiro atoms. The molecule has 0 saturated heterocycles. The smallest absolute Gasteiger partial charge is 0.306 e. The van der Waals surface area contributed by atoms with Gasteiger partial charge in [-0.3, -0.25) is 4.79 Å². The van der Waals surface area contributed by atoms with Crippen LogP contribution in [0.3, 0.4) is 0 Å². The van der Waals surface area contributed by atoms with Crippen molar-refractivity contribution in [2.45, 2.75) is 119 Å². The molecular weight excluding hydrogens is 408 g/mol. The van der Waals surface area contributed by atoms with Crippen molar-refractivity contribution >= 4 is 5.97 Å². The highest BCUT2D eigenvalue weighted by molar-refractivity contribution is 5.71. The number of hydrogen-bond acceptors (Lipinski definition) is 2. The fraction of sp³-hybridized carbons (Fsp3) is 0.833. The summed E-state index contributed by atoms with van der Waals surface area (Å²) in [5.74, 6) is -0.641. The zero-order valence-electron chi connectivity index (χ0n) is 22.3. The van der Waals surface area contributed by atoms with E-state index in [-0.39, 0.29) is 22.2 Å². The SMILES string of the molecule is CC(C)=CCC[C@@H](C(=O)O)[C@H]1[C@H](O)C[C@@]2(C)C3=C(CC[C@]12C)[C@@]1(C)CCCC(C)(C)[C@@H]1CC3. The van der Waals surface area contributed by atoms with Gasteiger partial charge in [0.15, 0.2) is 0 Å². The average Bonchev–Trinajstić information content (AvgIpc) is 2.90. The molecule has 7 atom stereocenters. The molecule has 2 N–H and O–H groups in total. The summed E-state index contributed by atoms with van der Waals surface area (Å²) < 4.78 is 0. The largest absolute Gasteiger partial charge is 0.481 e. The van der Waals surface area contributed by atoms with E-state index in [1.807, 2.05) is 0 Å². The van der Waals surface area contributed by atoms with Crippen LogP contribution in [0.5, 0.6) is 0 Å². The number of aliphatic hydroxyl groups excluding tert-OH is 1. The van der Waals surface area contributed by atoms with Gasteiger partial charge in [0, 0.05) is 5.92 Å². The second-order valence-corrected chi connectivity index (χ2v) is 13.7. The van der Waals surface area contributed by atoms with Crippen LogP contribution in [0.2, 0.25) is 0 Å². The summed E-state index contributed by atoms with van der Waals surface area (Å²) in [7, 11) is 0. The Morgan fingerprint density at radius 3 is 2.39 bits per heavy atom.